The molecule has 0 bridgehead atoms. The molecule has 0 aliphatic carbocycles. The van der Waals surface area contributed by atoms with Crippen LogP contribution in [0.4, 0.5) is 4.79 Å². The van der Waals surface area contributed by atoms with E-state index in [9.17, 15) is 4.79 Å². The maximum absolute atomic E-state index is 10.6. The summed E-state index contributed by atoms with van der Waals surface area (Å²) in [6.45, 7) is 4.24. The third kappa shape index (κ3) is 6.31. The van der Waals surface area contributed by atoms with Crippen molar-refractivity contribution in [3.05, 3.63) is 0 Å². The predicted octanol–water partition coefficient (Wildman–Crippen LogP) is 1.06. The fourth-order valence-corrected chi connectivity index (χ4v) is 0.738. The van der Waals surface area contributed by atoms with Gasteiger partial charge in [-0.15, -0.1) is 0 Å². The molecule has 4 heteroatoms. The molecule has 10 heavy (non-hydrogen) atoms. The Balaban J connectivity index is 3.26. The first-order chi connectivity index (χ1) is 4.66. The number of rotatable bonds is 3. The number of hydrogen-bond donors (Lipinski definition) is 0. The molecule has 0 saturated carbocycles. The van der Waals surface area contributed by atoms with Crippen molar-refractivity contribution in [1.82, 2.24) is 0 Å². The van der Waals surface area contributed by atoms with Gasteiger partial charge in [-0.05, 0) is 0 Å². The van der Waals surface area contributed by atoms with Crippen molar-refractivity contribution >= 4 is 31.9 Å². The molecule has 0 amide bonds. The molecule has 1 unspecified atom stereocenters. The van der Waals surface area contributed by atoms with Gasteiger partial charge in [-0.1, -0.05) is 0 Å². The fraction of sp³-hybridized carbons (Fsp3) is 0.833. The Morgan fingerprint density at radius 1 is 1.70 bits per heavy atom. The minimum absolute atomic E-state index is 0.0457. The van der Waals surface area contributed by atoms with Crippen LogP contribution in [-0.2, 0) is 9.47 Å². The summed E-state index contributed by atoms with van der Waals surface area (Å²) < 4.78 is 9.46. The summed E-state index contributed by atoms with van der Waals surface area (Å²) in [5, 5.41) is 0. The molecule has 0 aromatic rings. The molecule has 0 saturated heterocycles. The van der Waals surface area contributed by atoms with Crippen LogP contribution < -0.4 is 0 Å². The summed E-state index contributed by atoms with van der Waals surface area (Å²) >= 11 is 0.852. The van der Waals surface area contributed by atoms with E-state index in [1.165, 1.54) is 0 Å². The van der Waals surface area contributed by atoms with E-state index in [4.69, 9.17) is 4.74 Å². The zero-order chi connectivity index (χ0) is 7.98. The van der Waals surface area contributed by atoms with Crippen LogP contribution in [0, 0.1) is 0 Å². The third-order valence-electron chi connectivity index (χ3n) is 0.697. The van der Waals surface area contributed by atoms with E-state index >= 15 is 0 Å². The minimum atomic E-state index is -0.538. The van der Waals surface area contributed by atoms with Gasteiger partial charge in [0.05, 0.1) is 0 Å². The fourth-order valence-electron chi connectivity index (χ4n) is 0.364. The van der Waals surface area contributed by atoms with Crippen molar-refractivity contribution < 1.29 is 14.3 Å². The topological polar surface area (TPSA) is 35.5 Å². The molecular formula is C6H11O3Pb. The van der Waals surface area contributed by atoms with E-state index in [0.29, 0.717) is 6.61 Å². The second-order valence-corrected chi connectivity index (χ2v) is 5.02. The summed E-state index contributed by atoms with van der Waals surface area (Å²) in [5.41, 5.74) is 0. The van der Waals surface area contributed by atoms with Crippen molar-refractivity contribution in [2.75, 3.05) is 6.61 Å². The monoisotopic (exact) mass is 339 g/mol. The Morgan fingerprint density at radius 2 is 2.30 bits per heavy atom. The zero-order valence-corrected chi connectivity index (χ0v) is 10.1. The molecule has 0 heterocycles. The van der Waals surface area contributed by atoms with Crippen LogP contribution in [0.15, 0.2) is 0 Å². The van der Waals surface area contributed by atoms with Crippen LogP contribution >= 0.6 is 0 Å². The van der Waals surface area contributed by atoms with Crippen molar-refractivity contribution in [3.63, 3.8) is 0 Å². The van der Waals surface area contributed by atoms with Crippen LogP contribution in [0.3, 0.4) is 0 Å². The van der Waals surface area contributed by atoms with E-state index in [-0.39, 0.29) is 3.66 Å². The molecule has 1 atom stereocenters. The van der Waals surface area contributed by atoms with Crippen molar-refractivity contribution in [3.8, 4) is 0 Å². The number of carbonyl (C=O) groups is 1. The first-order valence-electron chi connectivity index (χ1n) is 3.21. The molecule has 3 nitrogen and oxygen atoms in total. The maximum atomic E-state index is 10.6. The van der Waals surface area contributed by atoms with Gasteiger partial charge in [0, 0.05) is 0 Å². The second-order valence-electron chi connectivity index (χ2n) is 1.86. The van der Waals surface area contributed by atoms with E-state index < -0.39 is 6.16 Å². The Bertz CT molecular complexity index is 103. The van der Waals surface area contributed by atoms with Crippen LogP contribution in [0.5, 0.6) is 0 Å². The standard InChI is InChI=1S/C6H11O3.Pb/c1-3-5-9-6(7)8-4-2;/h4H,3,5H2,1-2H3;. The van der Waals surface area contributed by atoms with Crippen molar-refractivity contribution in [2.24, 2.45) is 0 Å². The molecule has 0 N–H and O–H groups in total. The van der Waals surface area contributed by atoms with Gasteiger partial charge in [0.15, 0.2) is 0 Å². The van der Waals surface area contributed by atoms with E-state index in [2.05, 4.69) is 4.74 Å². The molecular weight excluding hydrogens is 327 g/mol. The van der Waals surface area contributed by atoms with Gasteiger partial charge in [0.1, 0.15) is 0 Å². The average Bonchev–Trinajstić information content (AvgIpc) is 1.82. The Morgan fingerprint density at radius 3 is 2.70 bits per heavy atom. The Kier molecular flexibility index (Phi) is 6.05. The van der Waals surface area contributed by atoms with Crippen molar-refractivity contribution in [2.45, 2.75) is 23.9 Å². The molecule has 0 fully saturated rings. The van der Waals surface area contributed by atoms with Gasteiger partial charge in [-0.3, -0.25) is 0 Å². The molecule has 3 radical (unpaired) electrons. The van der Waals surface area contributed by atoms with Crippen LogP contribution in [0.1, 0.15) is 20.3 Å². The quantitative estimate of drug-likeness (QED) is 0.570. The summed E-state index contributed by atoms with van der Waals surface area (Å²) in [7, 11) is 0. The summed E-state index contributed by atoms with van der Waals surface area (Å²) in [4.78, 5) is 10.6. The predicted molar refractivity (Wildman–Crippen MR) is 37.9 cm³/mol. The number of ether oxygens (including phenoxy) is 2. The molecule has 0 rings (SSSR count). The van der Waals surface area contributed by atoms with Crippen LogP contribution in [0.2, 0.25) is 0 Å². The van der Waals surface area contributed by atoms with Gasteiger partial charge in [-0.25, -0.2) is 0 Å². The molecule has 0 aromatic carbocycles. The molecule has 0 aliphatic heterocycles. The van der Waals surface area contributed by atoms with Crippen LogP contribution in [0.25, 0.3) is 0 Å². The van der Waals surface area contributed by atoms with E-state index in [0.717, 1.165) is 32.2 Å². The normalized spacial score (nSPS) is 12.3. The number of hydrogen-bond acceptors (Lipinski definition) is 3. The third-order valence-corrected chi connectivity index (χ3v) is 1.16. The molecule has 0 aromatic heterocycles. The summed E-state index contributed by atoms with van der Waals surface area (Å²) in [6.07, 6.45) is 0.300. The first kappa shape index (κ1) is 10.2. The van der Waals surface area contributed by atoms with Gasteiger partial charge in [-0.2, -0.15) is 0 Å². The average molecular weight is 338 g/mol. The molecule has 0 spiro atoms. The summed E-state index contributed by atoms with van der Waals surface area (Å²) in [6, 6.07) is 0. The SMILES string of the molecule is CCCOC(=O)O[CH](C)[Pb]. The summed E-state index contributed by atoms with van der Waals surface area (Å²) in [5.74, 6) is 0. The van der Waals surface area contributed by atoms with Gasteiger partial charge in [0.2, 0.25) is 0 Å². The van der Waals surface area contributed by atoms with E-state index in [1.54, 1.807) is 0 Å². The van der Waals surface area contributed by atoms with Crippen molar-refractivity contribution in [1.29, 1.82) is 0 Å². The Labute approximate surface area is 76.8 Å². The molecule has 57 valence electrons. The van der Waals surface area contributed by atoms with E-state index in [1.807, 2.05) is 13.8 Å². The molecule has 0 aliphatic rings. The zero-order valence-electron chi connectivity index (χ0n) is 6.22. The van der Waals surface area contributed by atoms with Gasteiger partial charge < -0.3 is 0 Å². The Hall–Kier alpha value is 0.192. The van der Waals surface area contributed by atoms with Crippen LogP contribution in [-0.4, -0.2) is 42.2 Å². The van der Waals surface area contributed by atoms with Gasteiger partial charge >= 0.3 is 76.7 Å². The second kappa shape index (κ2) is 5.94. The number of carbonyl (C=O) groups excluding carboxylic acids is 1. The van der Waals surface area contributed by atoms with Gasteiger partial charge in [0.25, 0.3) is 0 Å². The first-order valence-corrected chi connectivity index (χ1v) is 5.45.